The average Bonchev–Trinajstić information content (AvgIpc) is 2.68. The monoisotopic (exact) mass is 401 g/mol. The first-order valence-corrected chi connectivity index (χ1v) is 9.38. The van der Waals surface area contributed by atoms with Gasteiger partial charge in [0.05, 0.1) is 17.3 Å². The maximum Gasteiger partial charge on any atom is 0.246 e. The zero-order chi connectivity index (χ0) is 19.9. The fourth-order valence-corrected chi connectivity index (χ4v) is 3.15. The number of piperazine rings is 1. The molecule has 0 aromatic heterocycles. The van der Waals surface area contributed by atoms with E-state index in [1.807, 2.05) is 11.0 Å². The quantitative estimate of drug-likeness (QED) is 0.782. The molecule has 0 saturated carbocycles. The van der Waals surface area contributed by atoms with Gasteiger partial charge in [-0.15, -0.1) is 0 Å². The van der Waals surface area contributed by atoms with Gasteiger partial charge in [-0.05, 0) is 35.9 Å². The molecule has 28 heavy (non-hydrogen) atoms. The summed E-state index contributed by atoms with van der Waals surface area (Å²) in [7, 11) is 0. The van der Waals surface area contributed by atoms with Gasteiger partial charge < -0.3 is 10.2 Å². The third-order valence-corrected chi connectivity index (χ3v) is 4.80. The number of amides is 2. The highest BCUT2D eigenvalue weighted by Crippen LogP contribution is 2.20. The predicted molar refractivity (Wildman–Crippen MR) is 109 cm³/mol. The van der Waals surface area contributed by atoms with Crippen LogP contribution in [0.2, 0.25) is 5.02 Å². The van der Waals surface area contributed by atoms with Gasteiger partial charge in [-0.25, -0.2) is 4.39 Å². The molecule has 1 fully saturated rings. The molecule has 1 aliphatic rings. The molecule has 0 spiro atoms. The van der Waals surface area contributed by atoms with Crippen LogP contribution in [0.4, 0.5) is 10.1 Å². The number of carbonyl (C=O) groups is 2. The number of nitrogens with one attached hydrogen (secondary N) is 1. The van der Waals surface area contributed by atoms with Gasteiger partial charge in [0, 0.05) is 32.3 Å². The van der Waals surface area contributed by atoms with Crippen molar-refractivity contribution in [3.8, 4) is 0 Å². The van der Waals surface area contributed by atoms with Crippen LogP contribution in [0.25, 0.3) is 6.08 Å². The minimum absolute atomic E-state index is 0.121. The molecule has 2 aromatic rings. The topological polar surface area (TPSA) is 52.7 Å². The summed E-state index contributed by atoms with van der Waals surface area (Å²) >= 11 is 6.05. The average molecular weight is 402 g/mol. The fourth-order valence-electron chi connectivity index (χ4n) is 2.96. The van der Waals surface area contributed by atoms with Crippen molar-refractivity contribution in [2.45, 2.75) is 0 Å². The molecule has 0 atom stereocenters. The Morgan fingerprint density at radius 2 is 1.82 bits per heavy atom. The maximum atomic E-state index is 13.2. The van der Waals surface area contributed by atoms with E-state index in [0.29, 0.717) is 42.5 Å². The van der Waals surface area contributed by atoms with Gasteiger partial charge in [0.2, 0.25) is 11.8 Å². The number of hydrogen-bond donors (Lipinski definition) is 1. The summed E-state index contributed by atoms with van der Waals surface area (Å²) in [6.07, 6.45) is 3.06. The molecule has 0 aliphatic carbocycles. The molecule has 1 aliphatic heterocycles. The summed E-state index contributed by atoms with van der Waals surface area (Å²) in [4.78, 5) is 28.2. The first-order chi connectivity index (χ1) is 13.5. The van der Waals surface area contributed by atoms with Crippen LogP contribution >= 0.6 is 11.6 Å². The van der Waals surface area contributed by atoms with Crippen molar-refractivity contribution in [3.63, 3.8) is 0 Å². The minimum Gasteiger partial charge on any atom is -0.337 e. The third kappa shape index (κ3) is 5.65. The lowest BCUT2D eigenvalue weighted by atomic mass is 10.2. The predicted octanol–water partition coefficient (Wildman–Crippen LogP) is 3.28. The lowest BCUT2D eigenvalue weighted by Crippen LogP contribution is -2.50. The zero-order valence-corrected chi connectivity index (χ0v) is 16.0. The number of rotatable bonds is 5. The second kappa shape index (κ2) is 9.48. The Hall–Kier alpha value is -2.70. The molecule has 0 radical (unpaired) electrons. The highest BCUT2D eigenvalue weighted by atomic mass is 35.5. The summed E-state index contributed by atoms with van der Waals surface area (Å²) in [5, 5.41) is 3.30. The summed E-state index contributed by atoms with van der Waals surface area (Å²) in [6.45, 7) is 2.52. The van der Waals surface area contributed by atoms with Crippen LogP contribution in [0.15, 0.2) is 54.6 Å². The number of anilines is 1. The standard InChI is InChI=1S/C21H21ClFN3O2/c22-18-6-1-2-7-19(18)24-20(27)15-25-10-12-26(13-11-25)21(28)9-8-16-4-3-5-17(23)14-16/h1-9,14H,10-13,15H2,(H,24,27). The van der Waals surface area contributed by atoms with Gasteiger partial charge in [-0.1, -0.05) is 35.9 Å². The van der Waals surface area contributed by atoms with E-state index in [9.17, 15) is 14.0 Å². The third-order valence-electron chi connectivity index (χ3n) is 4.47. The molecule has 1 heterocycles. The number of para-hydroxylation sites is 1. The van der Waals surface area contributed by atoms with Crippen molar-refractivity contribution in [2.24, 2.45) is 0 Å². The first-order valence-electron chi connectivity index (χ1n) is 9.00. The molecule has 3 rings (SSSR count). The van der Waals surface area contributed by atoms with Gasteiger partial charge in [0.15, 0.2) is 0 Å². The Morgan fingerprint density at radius 3 is 2.54 bits per heavy atom. The second-order valence-corrected chi connectivity index (χ2v) is 6.92. The van der Waals surface area contributed by atoms with Crippen LogP contribution in [0.1, 0.15) is 5.56 Å². The van der Waals surface area contributed by atoms with Gasteiger partial charge in [-0.2, -0.15) is 0 Å². The Balaban J connectivity index is 1.45. The molecule has 1 saturated heterocycles. The van der Waals surface area contributed by atoms with Crippen LogP contribution in [0.3, 0.4) is 0 Å². The van der Waals surface area contributed by atoms with Crippen molar-refractivity contribution < 1.29 is 14.0 Å². The van der Waals surface area contributed by atoms with Crippen LogP contribution in [0.5, 0.6) is 0 Å². The smallest absolute Gasteiger partial charge is 0.246 e. The number of benzene rings is 2. The molecule has 7 heteroatoms. The molecular weight excluding hydrogens is 381 g/mol. The second-order valence-electron chi connectivity index (χ2n) is 6.52. The van der Waals surface area contributed by atoms with Crippen molar-refractivity contribution in [3.05, 3.63) is 71.0 Å². The lowest BCUT2D eigenvalue weighted by molar-refractivity contribution is -0.127. The molecule has 1 N–H and O–H groups in total. The molecule has 2 aromatic carbocycles. The van der Waals surface area contributed by atoms with Crippen molar-refractivity contribution >= 4 is 35.2 Å². The number of nitrogens with zero attached hydrogens (tertiary/aromatic N) is 2. The summed E-state index contributed by atoms with van der Waals surface area (Å²) in [5.74, 6) is -0.596. The van der Waals surface area contributed by atoms with Crippen molar-refractivity contribution in [1.82, 2.24) is 9.80 Å². The molecular formula is C21H21ClFN3O2. The van der Waals surface area contributed by atoms with E-state index < -0.39 is 0 Å². The highest BCUT2D eigenvalue weighted by molar-refractivity contribution is 6.33. The van der Waals surface area contributed by atoms with Crippen LogP contribution < -0.4 is 5.32 Å². The van der Waals surface area contributed by atoms with Crippen LogP contribution in [-0.2, 0) is 9.59 Å². The molecule has 5 nitrogen and oxygen atoms in total. The lowest BCUT2D eigenvalue weighted by Gasteiger charge is -2.33. The summed E-state index contributed by atoms with van der Waals surface area (Å²) in [6, 6.07) is 13.2. The first kappa shape index (κ1) is 20.0. The fraction of sp³-hybridized carbons (Fsp3) is 0.238. The van der Waals surface area contributed by atoms with Crippen LogP contribution in [0, 0.1) is 5.82 Å². The van der Waals surface area contributed by atoms with Crippen molar-refractivity contribution in [2.75, 3.05) is 38.0 Å². The van der Waals surface area contributed by atoms with E-state index in [2.05, 4.69) is 5.32 Å². The van der Waals surface area contributed by atoms with Gasteiger partial charge in [-0.3, -0.25) is 14.5 Å². The minimum atomic E-state index is -0.335. The van der Waals surface area contributed by atoms with Gasteiger partial charge in [0.1, 0.15) is 5.82 Å². The van der Waals surface area contributed by atoms with E-state index in [4.69, 9.17) is 11.6 Å². The van der Waals surface area contributed by atoms with Crippen molar-refractivity contribution in [1.29, 1.82) is 0 Å². The number of carbonyl (C=O) groups excluding carboxylic acids is 2. The Kier molecular flexibility index (Phi) is 6.79. The number of halogens is 2. The summed E-state index contributed by atoms with van der Waals surface area (Å²) in [5.41, 5.74) is 1.23. The maximum absolute atomic E-state index is 13.2. The van der Waals surface area contributed by atoms with E-state index in [0.717, 1.165) is 0 Å². The summed E-state index contributed by atoms with van der Waals surface area (Å²) < 4.78 is 13.2. The Labute approximate surface area is 168 Å². The van der Waals surface area contributed by atoms with Gasteiger partial charge >= 0.3 is 0 Å². The van der Waals surface area contributed by atoms with E-state index in [1.54, 1.807) is 41.3 Å². The molecule has 2 amide bonds. The van der Waals surface area contributed by atoms with E-state index in [1.165, 1.54) is 18.2 Å². The van der Waals surface area contributed by atoms with E-state index >= 15 is 0 Å². The molecule has 0 bridgehead atoms. The zero-order valence-electron chi connectivity index (χ0n) is 15.3. The van der Waals surface area contributed by atoms with E-state index in [-0.39, 0.29) is 24.2 Å². The van der Waals surface area contributed by atoms with Crippen LogP contribution in [-0.4, -0.2) is 54.3 Å². The molecule has 146 valence electrons. The Morgan fingerprint density at radius 1 is 1.07 bits per heavy atom. The molecule has 0 unspecified atom stereocenters. The number of hydrogen-bond acceptors (Lipinski definition) is 3. The Bertz CT molecular complexity index is 879. The normalized spacial score (nSPS) is 15.0. The van der Waals surface area contributed by atoms with Gasteiger partial charge in [0.25, 0.3) is 0 Å². The largest absolute Gasteiger partial charge is 0.337 e. The SMILES string of the molecule is O=C(CN1CCN(C(=O)C=Cc2cccc(F)c2)CC1)Nc1ccccc1Cl. The highest BCUT2D eigenvalue weighted by Gasteiger charge is 2.21.